The van der Waals surface area contributed by atoms with E-state index in [0.717, 1.165) is 0 Å². The highest BCUT2D eigenvalue weighted by atomic mass is 31.2. The third-order valence-corrected chi connectivity index (χ3v) is 3.69. The maximum absolute atomic E-state index is 11.6. The van der Waals surface area contributed by atoms with Gasteiger partial charge in [0.25, 0.3) is 0 Å². The minimum absolute atomic E-state index is 0.296. The maximum atomic E-state index is 11.6. The van der Waals surface area contributed by atoms with Crippen molar-refractivity contribution in [3.63, 3.8) is 0 Å². The Kier molecular flexibility index (Phi) is 4.29. The van der Waals surface area contributed by atoms with Crippen molar-refractivity contribution in [2.24, 2.45) is 0 Å². The summed E-state index contributed by atoms with van der Waals surface area (Å²) in [5.41, 5.74) is 0. The first-order valence-electron chi connectivity index (χ1n) is 4.67. The van der Waals surface area contributed by atoms with Gasteiger partial charge in [0.1, 0.15) is 18.3 Å². The predicted octanol–water partition coefficient (Wildman–Crippen LogP) is -0.0186. The van der Waals surface area contributed by atoms with Gasteiger partial charge in [-0.05, 0) is 6.92 Å². The predicted molar refractivity (Wildman–Crippen MR) is 52.8 cm³/mol. The zero-order valence-electron chi connectivity index (χ0n) is 8.99. The summed E-state index contributed by atoms with van der Waals surface area (Å²) in [6.07, 6.45) is -2.85. The lowest BCUT2D eigenvalue weighted by Crippen LogP contribution is -2.35. The molecule has 1 saturated heterocycles. The number of ether oxygens (including phenoxy) is 1. The Hall–Kier alpha value is 0.0300. The average Bonchev–Trinajstić information content (AvgIpc) is 2.45. The second-order valence-corrected chi connectivity index (χ2v) is 5.70. The van der Waals surface area contributed by atoms with E-state index in [4.69, 9.17) is 14.4 Å². The van der Waals surface area contributed by atoms with E-state index < -0.39 is 32.0 Å². The van der Waals surface area contributed by atoms with Crippen LogP contribution < -0.4 is 0 Å². The van der Waals surface area contributed by atoms with E-state index in [2.05, 4.69) is 4.52 Å². The van der Waals surface area contributed by atoms with Gasteiger partial charge >= 0.3 is 7.60 Å². The van der Waals surface area contributed by atoms with Crippen LogP contribution in [0.2, 0.25) is 0 Å². The summed E-state index contributed by atoms with van der Waals surface area (Å²) in [5, 5.41) is 18.7. The van der Waals surface area contributed by atoms with Crippen molar-refractivity contribution in [3.8, 4) is 0 Å². The van der Waals surface area contributed by atoms with E-state index in [1.165, 1.54) is 13.8 Å². The van der Waals surface area contributed by atoms with Crippen LogP contribution >= 0.6 is 7.60 Å². The highest BCUT2D eigenvalue weighted by Gasteiger charge is 2.44. The second kappa shape index (κ2) is 4.91. The molecule has 90 valence electrons. The molecule has 1 rings (SSSR count). The van der Waals surface area contributed by atoms with Crippen LogP contribution in [-0.2, 0) is 18.3 Å². The molecule has 1 heterocycles. The molecule has 0 radical (unpaired) electrons. The van der Waals surface area contributed by atoms with Crippen LogP contribution in [0.1, 0.15) is 6.92 Å². The first kappa shape index (κ1) is 13.1. The van der Waals surface area contributed by atoms with Gasteiger partial charge in [0, 0.05) is 13.8 Å². The van der Waals surface area contributed by atoms with Gasteiger partial charge in [0.05, 0.1) is 12.7 Å². The Morgan fingerprint density at radius 1 is 1.53 bits per heavy atom. The highest BCUT2D eigenvalue weighted by Crippen LogP contribution is 2.46. The summed E-state index contributed by atoms with van der Waals surface area (Å²) in [7, 11) is -1.92. The standard InChI is InChI=1S/C8H17O6P/c1-5-7(10)8(6(4-9)13-5)14-15(3,11)12-2/h5-10H,4H2,1-3H3/t5-,6+,7+,8?,15?/m0/s1. The molecule has 0 amide bonds. The first-order chi connectivity index (χ1) is 6.91. The summed E-state index contributed by atoms with van der Waals surface area (Å²) in [5.74, 6) is 0. The average molecular weight is 240 g/mol. The second-order valence-electron chi connectivity index (χ2n) is 3.58. The van der Waals surface area contributed by atoms with E-state index >= 15 is 0 Å². The van der Waals surface area contributed by atoms with Crippen LogP contribution in [0.3, 0.4) is 0 Å². The van der Waals surface area contributed by atoms with Crippen molar-refractivity contribution >= 4 is 7.60 Å². The van der Waals surface area contributed by atoms with Crippen LogP contribution in [0.5, 0.6) is 0 Å². The summed E-state index contributed by atoms with van der Waals surface area (Å²) in [6, 6.07) is 0. The quantitative estimate of drug-likeness (QED) is 0.672. The number of aliphatic hydroxyl groups is 2. The van der Waals surface area contributed by atoms with Crippen molar-refractivity contribution in [2.75, 3.05) is 20.4 Å². The minimum atomic E-state index is -3.19. The lowest BCUT2D eigenvalue weighted by Gasteiger charge is -2.22. The Labute approximate surface area is 88.7 Å². The first-order valence-corrected chi connectivity index (χ1v) is 6.66. The van der Waals surface area contributed by atoms with Gasteiger partial charge in [0.15, 0.2) is 0 Å². The monoisotopic (exact) mass is 240 g/mol. The summed E-state index contributed by atoms with van der Waals surface area (Å²) in [4.78, 5) is 0. The molecule has 0 saturated carbocycles. The van der Waals surface area contributed by atoms with Crippen molar-refractivity contribution in [2.45, 2.75) is 31.3 Å². The molecule has 0 aromatic carbocycles. The van der Waals surface area contributed by atoms with Gasteiger partial charge in [-0.1, -0.05) is 0 Å². The van der Waals surface area contributed by atoms with E-state index in [-0.39, 0.29) is 6.61 Å². The van der Waals surface area contributed by atoms with Gasteiger partial charge in [-0.25, -0.2) is 0 Å². The lowest BCUT2D eigenvalue weighted by molar-refractivity contribution is -0.0132. The van der Waals surface area contributed by atoms with Crippen LogP contribution in [0.4, 0.5) is 0 Å². The topological polar surface area (TPSA) is 85.2 Å². The molecule has 0 aromatic rings. The van der Waals surface area contributed by atoms with Crippen LogP contribution in [0, 0.1) is 0 Å². The molecule has 6 nitrogen and oxygen atoms in total. The van der Waals surface area contributed by atoms with Crippen molar-refractivity contribution in [1.82, 2.24) is 0 Å². The minimum Gasteiger partial charge on any atom is -0.394 e. The molecule has 1 aliphatic heterocycles. The zero-order chi connectivity index (χ0) is 11.6. The van der Waals surface area contributed by atoms with E-state index in [1.807, 2.05) is 0 Å². The Morgan fingerprint density at radius 2 is 2.13 bits per heavy atom. The molecular weight excluding hydrogens is 223 g/mol. The molecule has 15 heavy (non-hydrogen) atoms. The number of hydrogen-bond donors (Lipinski definition) is 2. The van der Waals surface area contributed by atoms with E-state index in [9.17, 15) is 9.67 Å². The van der Waals surface area contributed by atoms with Gasteiger partial charge in [-0.3, -0.25) is 9.09 Å². The molecule has 0 aliphatic carbocycles. The molecular formula is C8H17O6P. The van der Waals surface area contributed by atoms with Gasteiger partial charge in [-0.2, -0.15) is 0 Å². The molecule has 1 aliphatic rings. The molecule has 0 spiro atoms. The Morgan fingerprint density at radius 3 is 2.60 bits per heavy atom. The number of rotatable bonds is 4. The normalized spacial score (nSPS) is 40.3. The van der Waals surface area contributed by atoms with Crippen molar-refractivity contribution in [1.29, 1.82) is 0 Å². The SMILES string of the molecule is COP(C)(=O)OC1[C@@H](CO)O[C@@H](C)[C@H]1O. The summed E-state index contributed by atoms with van der Waals surface area (Å²) in [6.45, 7) is 2.66. The molecule has 0 bridgehead atoms. The van der Waals surface area contributed by atoms with Crippen molar-refractivity contribution < 1.29 is 28.6 Å². The number of hydrogen-bond acceptors (Lipinski definition) is 6. The lowest BCUT2D eigenvalue weighted by atomic mass is 10.1. The fraction of sp³-hybridized carbons (Fsp3) is 1.00. The van der Waals surface area contributed by atoms with Gasteiger partial charge < -0.3 is 19.5 Å². The third-order valence-electron chi connectivity index (χ3n) is 2.40. The molecule has 0 aromatic heterocycles. The summed E-state index contributed by atoms with van der Waals surface area (Å²) >= 11 is 0. The molecule has 7 heteroatoms. The van der Waals surface area contributed by atoms with Crippen LogP contribution in [0.15, 0.2) is 0 Å². The van der Waals surface area contributed by atoms with E-state index in [1.54, 1.807) is 6.92 Å². The van der Waals surface area contributed by atoms with Gasteiger partial charge in [0.2, 0.25) is 0 Å². The fourth-order valence-corrected chi connectivity index (χ4v) is 2.25. The Balaban J connectivity index is 2.70. The van der Waals surface area contributed by atoms with Crippen molar-refractivity contribution in [3.05, 3.63) is 0 Å². The maximum Gasteiger partial charge on any atom is 0.327 e. The molecule has 5 atom stereocenters. The molecule has 1 fully saturated rings. The molecule has 2 N–H and O–H groups in total. The van der Waals surface area contributed by atoms with Crippen LogP contribution in [-0.4, -0.2) is 55.0 Å². The van der Waals surface area contributed by atoms with Gasteiger partial charge in [-0.15, -0.1) is 0 Å². The fourth-order valence-electron chi connectivity index (χ4n) is 1.46. The zero-order valence-corrected chi connectivity index (χ0v) is 9.89. The highest BCUT2D eigenvalue weighted by molar-refractivity contribution is 7.52. The summed E-state index contributed by atoms with van der Waals surface area (Å²) < 4.78 is 26.6. The largest absolute Gasteiger partial charge is 0.394 e. The Bertz CT molecular complexity index is 258. The van der Waals surface area contributed by atoms with E-state index in [0.29, 0.717) is 0 Å². The third kappa shape index (κ3) is 3.00. The smallest absolute Gasteiger partial charge is 0.327 e. The van der Waals surface area contributed by atoms with Crippen LogP contribution in [0.25, 0.3) is 0 Å². The molecule has 2 unspecified atom stereocenters. The number of aliphatic hydroxyl groups excluding tert-OH is 2.